The zero-order valence-corrected chi connectivity index (χ0v) is 13.8. The summed E-state index contributed by atoms with van der Waals surface area (Å²) in [7, 11) is 0. The van der Waals surface area contributed by atoms with Gasteiger partial charge in [-0.15, -0.1) is 12.4 Å². The molecule has 0 spiro atoms. The van der Waals surface area contributed by atoms with Crippen molar-refractivity contribution in [3.05, 3.63) is 47.9 Å². The molecule has 6 heteroatoms. The van der Waals surface area contributed by atoms with E-state index in [4.69, 9.17) is 0 Å². The average molecular weight is 424 g/mol. The van der Waals surface area contributed by atoms with Gasteiger partial charge in [0.15, 0.2) is 5.65 Å². The molecule has 0 N–H and O–H groups in total. The quantitative estimate of drug-likeness (QED) is 0.601. The van der Waals surface area contributed by atoms with Gasteiger partial charge < -0.3 is 9.55 Å². The summed E-state index contributed by atoms with van der Waals surface area (Å²) in [5.41, 5.74) is 4.19. The van der Waals surface area contributed by atoms with Crippen LogP contribution < -0.4 is 0 Å². The molecule has 5 nitrogen and oxygen atoms in total. The summed E-state index contributed by atoms with van der Waals surface area (Å²) in [6, 6.07) is 1.96. The maximum absolute atomic E-state index is 4.59. The van der Waals surface area contributed by atoms with Crippen LogP contribution in [0.3, 0.4) is 0 Å². The second-order valence-corrected chi connectivity index (χ2v) is 4.27. The predicted octanol–water partition coefficient (Wildman–Crippen LogP) is 1.64. The van der Waals surface area contributed by atoms with Crippen molar-refractivity contribution in [1.82, 2.24) is 24.1 Å². The summed E-state index contributed by atoms with van der Waals surface area (Å²) in [5.74, 6) is 0. The van der Waals surface area contributed by atoms with Gasteiger partial charge in [0.2, 0.25) is 0 Å². The molecule has 0 atom stereocenters. The monoisotopic (exact) mass is 424 g/mol. The minimum atomic E-state index is 0. The molecule has 0 fully saturated rings. The number of aromatic nitrogens is 5. The van der Waals surface area contributed by atoms with E-state index in [2.05, 4.69) is 28.3 Å². The number of fused-ring (bicyclic) bond motifs is 1. The van der Waals surface area contributed by atoms with Crippen LogP contribution in [0.25, 0.3) is 5.65 Å². The normalized spacial score (nSPS) is 10.6. The molecule has 0 amide bonds. The van der Waals surface area contributed by atoms with Crippen LogP contribution in [0.1, 0.15) is 23.9 Å². The van der Waals surface area contributed by atoms with Gasteiger partial charge in [-0.1, -0.05) is 6.92 Å². The topological polar surface area (TPSA) is 48.0 Å². The molecule has 3 heterocycles. The Labute approximate surface area is 126 Å². The summed E-state index contributed by atoms with van der Waals surface area (Å²) >= 11 is 0. The molecule has 0 unspecified atom stereocenters. The first-order chi connectivity index (χ1) is 8.78. The summed E-state index contributed by atoms with van der Waals surface area (Å²) < 4.78 is 3.74. The minimum absolute atomic E-state index is 0. The fraction of sp³-hybridized carbons (Fsp3) is 0.308. The number of hydrogen-bond donors (Lipinski definition) is 0. The number of aryl methyl sites for hydroxylation is 2. The Kier molecular flexibility index (Phi) is 4.15. The number of imidazole rings is 1. The van der Waals surface area contributed by atoms with Gasteiger partial charge in [-0.05, 0) is 19.4 Å². The zero-order chi connectivity index (χ0) is 12.5. The molecule has 0 bridgehead atoms. The predicted molar refractivity (Wildman–Crippen MR) is 67.3 cm³/mol. The van der Waals surface area contributed by atoms with Crippen LogP contribution in [0.5, 0.6) is 0 Å². The summed E-state index contributed by atoms with van der Waals surface area (Å²) in [4.78, 5) is 8.49. The summed E-state index contributed by atoms with van der Waals surface area (Å²) in [6.45, 7) is 4.81. The Hall–Kier alpha value is -1.48. The average Bonchev–Trinajstić information content (AvgIpc) is 2.96. The minimum Gasteiger partial charge on any atom is -0.449 e. The Balaban J connectivity index is 0.00000133. The number of rotatable bonds is 3. The van der Waals surface area contributed by atoms with E-state index in [1.165, 1.54) is 5.56 Å². The van der Waals surface area contributed by atoms with E-state index in [9.17, 15) is 0 Å². The molecule has 0 aliphatic rings. The van der Waals surface area contributed by atoms with Gasteiger partial charge in [0.1, 0.15) is 0 Å². The third-order valence-electron chi connectivity index (χ3n) is 2.98. The van der Waals surface area contributed by atoms with Crippen LogP contribution in [0.4, 0.5) is 0 Å². The van der Waals surface area contributed by atoms with E-state index in [1.807, 2.05) is 34.5 Å². The zero-order valence-electron chi connectivity index (χ0n) is 10.9. The maximum Gasteiger partial charge on any atom is 2.00 e. The van der Waals surface area contributed by atoms with Crippen molar-refractivity contribution in [2.45, 2.75) is 26.8 Å². The van der Waals surface area contributed by atoms with Crippen molar-refractivity contribution in [2.75, 3.05) is 0 Å². The molecule has 0 aromatic carbocycles. The molecular formula is C13H14N5W+. The third-order valence-corrected chi connectivity index (χ3v) is 2.98. The molecule has 3 aromatic rings. The molecular weight excluding hydrogens is 410 g/mol. The molecule has 0 aliphatic heterocycles. The van der Waals surface area contributed by atoms with E-state index < -0.39 is 0 Å². The van der Waals surface area contributed by atoms with Gasteiger partial charge in [0, 0.05) is 30.3 Å². The molecule has 3 aromatic heterocycles. The first kappa shape index (κ1) is 13.9. The first-order valence-electron chi connectivity index (χ1n) is 6.00. The van der Waals surface area contributed by atoms with Crippen LogP contribution in [0.2, 0.25) is 0 Å². The molecule has 0 radical (unpaired) electrons. The molecule has 96 valence electrons. The van der Waals surface area contributed by atoms with E-state index >= 15 is 0 Å². The first-order valence-corrected chi connectivity index (χ1v) is 6.00. The second kappa shape index (κ2) is 5.66. The van der Waals surface area contributed by atoms with Gasteiger partial charge in [-0.2, -0.15) is 5.10 Å². The van der Waals surface area contributed by atoms with Crippen LogP contribution in [0.15, 0.2) is 24.7 Å². The van der Waals surface area contributed by atoms with Crippen LogP contribution >= 0.6 is 0 Å². The Morgan fingerprint density at radius 1 is 1.32 bits per heavy atom. The van der Waals surface area contributed by atoms with E-state index in [0.29, 0.717) is 6.54 Å². The van der Waals surface area contributed by atoms with Gasteiger partial charge >= 0.3 is 21.1 Å². The SMILES string of the molecule is CCc1c(Cn2[c-]ncc2)nn2ccc(C)nc12.[W+2]. The van der Waals surface area contributed by atoms with Crippen LogP contribution in [-0.4, -0.2) is 24.1 Å². The largest absolute Gasteiger partial charge is 2.00 e. The number of hydrogen-bond acceptors (Lipinski definition) is 3. The Morgan fingerprint density at radius 3 is 2.84 bits per heavy atom. The van der Waals surface area contributed by atoms with E-state index in [0.717, 1.165) is 23.5 Å². The molecule has 0 saturated heterocycles. The van der Waals surface area contributed by atoms with E-state index in [-0.39, 0.29) is 21.1 Å². The van der Waals surface area contributed by atoms with Crippen molar-refractivity contribution in [2.24, 2.45) is 0 Å². The van der Waals surface area contributed by atoms with Crippen LogP contribution in [-0.2, 0) is 34.0 Å². The number of nitrogens with zero attached hydrogens (tertiary/aromatic N) is 5. The van der Waals surface area contributed by atoms with Gasteiger partial charge in [0.25, 0.3) is 0 Å². The standard InChI is InChI=1S/C13H14N5.W/c1-3-11-12(8-17-7-5-14-9-17)16-18-6-4-10(2)15-13(11)18;/h4-7H,3,8H2,1-2H3;/q-1;+2. The second-order valence-electron chi connectivity index (χ2n) is 4.27. The smallest absolute Gasteiger partial charge is 0.449 e. The van der Waals surface area contributed by atoms with Crippen molar-refractivity contribution in [1.29, 1.82) is 0 Å². The maximum atomic E-state index is 4.59. The van der Waals surface area contributed by atoms with Crippen molar-refractivity contribution >= 4 is 5.65 Å². The summed E-state index contributed by atoms with van der Waals surface area (Å²) in [5, 5.41) is 4.59. The van der Waals surface area contributed by atoms with Crippen molar-refractivity contribution in [3.8, 4) is 0 Å². The third kappa shape index (κ3) is 2.61. The summed E-state index contributed by atoms with van der Waals surface area (Å²) in [6.07, 6.45) is 9.38. The van der Waals surface area contributed by atoms with Gasteiger partial charge in [0.05, 0.1) is 5.69 Å². The van der Waals surface area contributed by atoms with Crippen molar-refractivity contribution in [3.63, 3.8) is 0 Å². The molecule has 19 heavy (non-hydrogen) atoms. The molecule has 0 aliphatic carbocycles. The Morgan fingerprint density at radius 2 is 2.16 bits per heavy atom. The molecule has 0 saturated carbocycles. The fourth-order valence-corrected chi connectivity index (χ4v) is 2.10. The van der Waals surface area contributed by atoms with Gasteiger partial charge in [-0.25, -0.2) is 9.50 Å². The van der Waals surface area contributed by atoms with Crippen molar-refractivity contribution < 1.29 is 21.1 Å². The van der Waals surface area contributed by atoms with Crippen LogP contribution in [0, 0.1) is 13.3 Å². The van der Waals surface area contributed by atoms with Gasteiger partial charge in [-0.3, -0.25) is 0 Å². The van der Waals surface area contributed by atoms with E-state index in [1.54, 1.807) is 6.20 Å². The Bertz CT molecular complexity index is 672. The molecule has 3 rings (SSSR count). The fourth-order valence-electron chi connectivity index (χ4n) is 2.10.